The third kappa shape index (κ3) is 2.44. The molecule has 0 amide bonds. The van der Waals surface area contributed by atoms with Gasteiger partial charge < -0.3 is 4.57 Å². The molecule has 0 radical (unpaired) electrons. The number of hydrogen-bond acceptors (Lipinski definition) is 3. The molecule has 0 fully saturated rings. The molecule has 0 aliphatic heterocycles. The monoisotopic (exact) mass is 248 g/mol. The standard InChI is InChI=1S/C13H20N4O/c1-3-5-7-16-9-14-12-11(16)13(18)17(10-15-12)8-6-4-2/h9-10H,3-8H2,1-2H3. The van der Waals surface area contributed by atoms with Crippen molar-refractivity contribution in [1.82, 2.24) is 19.1 Å². The summed E-state index contributed by atoms with van der Waals surface area (Å²) in [4.78, 5) is 20.8. The highest BCUT2D eigenvalue weighted by atomic mass is 16.1. The van der Waals surface area contributed by atoms with Gasteiger partial charge in [-0.2, -0.15) is 0 Å². The predicted octanol–water partition coefficient (Wildman–Crippen LogP) is 2.19. The molecule has 0 spiro atoms. The van der Waals surface area contributed by atoms with Crippen LogP contribution in [0.15, 0.2) is 17.4 Å². The van der Waals surface area contributed by atoms with Crippen molar-refractivity contribution in [3.63, 3.8) is 0 Å². The maximum Gasteiger partial charge on any atom is 0.279 e. The number of aryl methyl sites for hydroxylation is 2. The smallest absolute Gasteiger partial charge is 0.279 e. The fourth-order valence-corrected chi connectivity index (χ4v) is 1.98. The molecule has 0 bridgehead atoms. The Labute approximate surface area is 106 Å². The molecule has 0 aliphatic carbocycles. The van der Waals surface area contributed by atoms with Crippen LogP contribution < -0.4 is 5.56 Å². The van der Waals surface area contributed by atoms with Gasteiger partial charge in [0.15, 0.2) is 11.2 Å². The van der Waals surface area contributed by atoms with Gasteiger partial charge in [-0.25, -0.2) is 9.97 Å². The van der Waals surface area contributed by atoms with E-state index in [0.29, 0.717) is 11.2 Å². The first-order valence-corrected chi connectivity index (χ1v) is 6.68. The molecule has 0 saturated carbocycles. The van der Waals surface area contributed by atoms with Crippen LogP contribution in [0.3, 0.4) is 0 Å². The molecule has 0 aromatic carbocycles. The summed E-state index contributed by atoms with van der Waals surface area (Å²) >= 11 is 0. The van der Waals surface area contributed by atoms with Gasteiger partial charge in [0.2, 0.25) is 0 Å². The van der Waals surface area contributed by atoms with Gasteiger partial charge in [0, 0.05) is 13.1 Å². The van der Waals surface area contributed by atoms with Crippen molar-refractivity contribution in [2.24, 2.45) is 0 Å². The maximum atomic E-state index is 12.3. The molecule has 2 heterocycles. The van der Waals surface area contributed by atoms with Gasteiger partial charge in [-0.15, -0.1) is 0 Å². The van der Waals surface area contributed by atoms with Gasteiger partial charge in [-0.3, -0.25) is 9.36 Å². The lowest BCUT2D eigenvalue weighted by Gasteiger charge is -2.06. The van der Waals surface area contributed by atoms with E-state index in [2.05, 4.69) is 23.8 Å². The van der Waals surface area contributed by atoms with Crippen molar-refractivity contribution in [3.8, 4) is 0 Å². The number of aromatic nitrogens is 4. The van der Waals surface area contributed by atoms with Gasteiger partial charge >= 0.3 is 0 Å². The van der Waals surface area contributed by atoms with E-state index in [9.17, 15) is 4.79 Å². The average molecular weight is 248 g/mol. The summed E-state index contributed by atoms with van der Waals surface area (Å²) in [6.07, 6.45) is 7.55. The van der Waals surface area contributed by atoms with Gasteiger partial charge in [-0.05, 0) is 12.8 Å². The predicted molar refractivity (Wildman–Crippen MR) is 71.6 cm³/mol. The SMILES string of the molecule is CCCCn1cnc2ncn(CCCC)c2c1=O. The molecule has 5 nitrogen and oxygen atoms in total. The maximum absolute atomic E-state index is 12.3. The number of fused-ring (bicyclic) bond motifs is 1. The third-order valence-corrected chi connectivity index (χ3v) is 3.11. The Kier molecular flexibility index (Phi) is 4.12. The van der Waals surface area contributed by atoms with Crippen LogP contribution in [0.4, 0.5) is 0 Å². The van der Waals surface area contributed by atoms with Gasteiger partial charge in [0.05, 0.1) is 6.33 Å². The average Bonchev–Trinajstić information content (AvgIpc) is 2.79. The minimum Gasteiger partial charge on any atom is -0.325 e. The van der Waals surface area contributed by atoms with Crippen molar-refractivity contribution >= 4 is 11.2 Å². The normalized spacial score (nSPS) is 11.2. The van der Waals surface area contributed by atoms with Gasteiger partial charge in [0.25, 0.3) is 5.56 Å². The van der Waals surface area contributed by atoms with Crippen molar-refractivity contribution in [2.45, 2.75) is 52.6 Å². The van der Waals surface area contributed by atoms with E-state index in [1.807, 2.05) is 4.57 Å². The molecule has 0 unspecified atom stereocenters. The molecular weight excluding hydrogens is 228 g/mol. The Morgan fingerprint density at radius 3 is 2.17 bits per heavy atom. The van der Waals surface area contributed by atoms with E-state index < -0.39 is 0 Å². The van der Waals surface area contributed by atoms with Crippen LogP contribution in [0, 0.1) is 0 Å². The fourth-order valence-electron chi connectivity index (χ4n) is 1.98. The molecule has 18 heavy (non-hydrogen) atoms. The molecule has 98 valence electrons. The quantitative estimate of drug-likeness (QED) is 0.787. The van der Waals surface area contributed by atoms with E-state index >= 15 is 0 Å². The van der Waals surface area contributed by atoms with E-state index in [1.165, 1.54) is 0 Å². The molecule has 2 aromatic rings. The molecule has 2 rings (SSSR count). The van der Waals surface area contributed by atoms with E-state index in [4.69, 9.17) is 0 Å². The van der Waals surface area contributed by atoms with E-state index in [-0.39, 0.29) is 5.56 Å². The second-order valence-corrected chi connectivity index (χ2v) is 4.56. The van der Waals surface area contributed by atoms with Crippen LogP contribution in [-0.2, 0) is 13.1 Å². The Bertz CT molecular complexity index is 570. The van der Waals surface area contributed by atoms with Crippen LogP contribution in [-0.4, -0.2) is 19.1 Å². The molecule has 0 saturated heterocycles. The Hall–Kier alpha value is -1.65. The van der Waals surface area contributed by atoms with Crippen LogP contribution >= 0.6 is 0 Å². The van der Waals surface area contributed by atoms with Crippen molar-refractivity contribution in [1.29, 1.82) is 0 Å². The van der Waals surface area contributed by atoms with Crippen LogP contribution in [0.2, 0.25) is 0 Å². The fraction of sp³-hybridized carbons (Fsp3) is 0.615. The Morgan fingerprint density at radius 2 is 1.56 bits per heavy atom. The van der Waals surface area contributed by atoms with Crippen LogP contribution in [0.5, 0.6) is 0 Å². The number of hydrogen-bond donors (Lipinski definition) is 0. The third-order valence-electron chi connectivity index (χ3n) is 3.11. The second-order valence-electron chi connectivity index (χ2n) is 4.56. The van der Waals surface area contributed by atoms with Gasteiger partial charge in [0.1, 0.15) is 6.33 Å². The molecular formula is C13H20N4O. The summed E-state index contributed by atoms with van der Waals surface area (Å²) in [5, 5.41) is 0. The summed E-state index contributed by atoms with van der Waals surface area (Å²) in [7, 11) is 0. The molecule has 0 N–H and O–H groups in total. The lowest BCUT2D eigenvalue weighted by atomic mass is 10.3. The summed E-state index contributed by atoms with van der Waals surface area (Å²) in [6, 6.07) is 0. The number of nitrogens with zero attached hydrogens (tertiary/aromatic N) is 4. The van der Waals surface area contributed by atoms with Crippen LogP contribution in [0.1, 0.15) is 39.5 Å². The van der Waals surface area contributed by atoms with E-state index in [0.717, 1.165) is 38.8 Å². The lowest BCUT2D eigenvalue weighted by molar-refractivity contribution is 0.600. The molecule has 0 aliphatic rings. The number of imidazole rings is 1. The summed E-state index contributed by atoms with van der Waals surface area (Å²) in [5.41, 5.74) is 1.23. The minimum atomic E-state index is 0.0297. The highest BCUT2D eigenvalue weighted by Gasteiger charge is 2.10. The molecule has 2 aromatic heterocycles. The lowest BCUT2D eigenvalue weighted by Crippen LogP contribution is -2.22. The summed E-state index contributed by atoms with van der Waals surface area (Å²) < 4.78 is 3.62. The van der Waals surface area contributed by atoms with E-state index in [1.54, 1.807) is 17.2 Å². The largest absolute Gasteiger partial charge is 0.325 e. The topological polar surface area (TPSA) is 52.7 Å². The highest BCUT2D eigenvalue weighted by Crippen LogP contribution is 2.06. The van der Waals surface area contributed by atoms with Crippen molar-refractivity contribution < 1.29 is 0 Å². The zero-order valence-electron chi connectivity index (χ0n) is 11.1. The minimum absolute atomic E-state index is 0.0297. The molecule has 0 atom stereocenters. The number of unbranched alkanes of at least 4 members (excludes halogenated alkanes) is 2. The highest BCUT2D eigenvalue weighted by molar-refractivity contribution is 5.69. The Balaban J connectivity index is 2.40. The second kappa shape index (κ2) is 5.80. The Morgan fingerprint density at radius 1 is 1.00 bits per heavy atom. The van der Waals surface area contributed by atoms with Crippen molar-refractivity contribution in [3.05, 3.63) is 23.0 Å². The van der Waals surface area contributed by atoms with Crippen molar-refractivity contribution in [2.75, 3.05) is 0 Å². The first-order chi connectivity index (χ1) is 8.77. The van der Waals surface area contributed by atoms with Crippen LogP contribution in [0.25, 0.3) is 11.2 Å². The zero-order valence-corrected chi connectivity index (χ0v) is 11.1. The summed E-state index contributed by atoms with van der Waals surface area (Å²) in [6.45, 7) is 5.82. The molecule has 5 heteroatoms. The first kappa shape index (κ1) is 12.8. The number of rotatable bonds is 6. The summed E-state index contributed by atoms with van der Waals surface area (Å²) in [5.74, 6) is 0. The van der Waals surface area contributed by atoms with Gasteiger partial charge in [-0.1, -0.05) is 26.7 Å². The zero-order chi connectivity index (χ0) is 13.0. The first-order valence-electron chi connectivity index (χ1n) is 6.68.